The molecule has 3 unspecified atom stereocenters. The molecule has 1 amide bonds. The van der Waals surface area contributed by atoms with Gasteiger partial charge in [0.2, 0.25) is 5.91 Å². The summed E-state index contributed by atoms with van der Waals surface area (Å²) in [7, 11) is -3.86. The lowest BCUT2D eigenvalue weighted by Gasteiger charge is -2.63. The summed E-state index contributed by atoms with van der Waals surface area (Å²) in [6.45, 7) is 16.3. The first-order valence-corrected chi connectivity index (χ1v) is 18.3. The summed E-state index contributed by atoms with van der Waals surface area (Å²) in [5.41, 5.74) is 1.92. The molecule has 0 saturated heterocycles. The van der Waals surface area contributed by atoms with Crippen LogP contribution in [0, 0.1) is 52.3 Å². The van der Waals surface area contributed by atoms with Gasteiger partial charge < -0.3 is 0 Å². The van der Waals surface area contributed by atoms with Crippen molar-refractivity contribution in [3.8, 4) is 0 Å². The summed E-state index contributed by atoms with van der Waals surface area (Å²) >= 11 is 0. The lowest BCUT2D eigenvalue weighted by atomic mass is 9.42. The second kappa shape index (κ2) is 11.3. The third-order valence-electron chi connectivity index (χ3n) is 13.1. The summed E-state index contributed by atoms with van der Waals surface area (Å²) < 4.78 is 28.2. The van der Waals surface area contributed by atoms with Crippen LogP contribution in [0.2, 0.25) is 0 Å². The van der Waals surface area contributed by atoms with Gasteiger partial charge in [-0.05, 0) is 127 Å². The zero-order chi connectivity index (χ0) is 29.8. The Morgan fingerprint density at radius 2 is 1.63 bits per heavy atom. The van der Waals surface area contributed by atoms with E-state index in [9.17, 15) is 13.2 Å². The van der Waals surface area contributed by atoms with Gasteiger partial charge in [0.05, 0.1) is 4.90 Å². The Morgan fingerprint density at radius 3 is 2.29 bits per heavy atom. The monoisotopic (exact) mass is 583 g/mol. The number of fused-ring (bicyclic) bond motifs is 5. The molecular weight excluding hydrogens is 526 g/mol. The Hall–Kier alpha value is -1.36. The molecule has 1 aromatic rings. The molecule has 4 aliphatic carbocycles. The molecule has 5 heteroatoms. The van der Waals surface area contributed by atoms with E-state index in [1.54, 1.807) is 12.1 Å². The maximum absolute atomic E-state index is 12.9. The molecule has 230 valence electrons. The summed E-state index contributed by atoms with van der Waals surface area (Å²) in [5, 5.41) is 0. The van der Waals surface area contributed by atoms with Crippen LogP contribution in [-0.4, -0.2) is 14.3 Å². The molecule has 4 nitrogen and oxygen atoms in total. The first-order chi connectivity index (χ1) is 19.2. The van der Waals surface area contributed by atoms with E-state index in [2.05, 4.69) is 53.2 Å². The molecule has 41 heavy (non-hydrogen) atoms. The average Bonchev–Trinajstić information content (AvgIpc) is 3.27. The van der Waals surface area contributed by atoms with Crippen molar-refractivity contribution in [1.29, 1.82) is 0 Å². The van der Waals surface area contributed by atoms with Gasteiger partial charge in [-0.15, -0.1) is 0 Å². The van der Waals surface area contributed by atoms with Gasteiger partial charge in [0, 0.05) is 6.42 Å². The van der Waals surface area contributed by atoms with Crippen LogP contribution in [0.1, 0.15) is 131 Å². The minimum absolute atomic E-state index is 0.0538. The third kappa shape index (κ3) is 5.67. The lowest BCUT2D eigenvalue weighted by Crippen LogP contribution is -2.55. The quantitative estimate of drug-likeness (QED) is 0.349. The van der Waals surface area contributed by atoms with Gasteiger partial charge in [0.25, 0.3) is 10.0 Å². The Labute approximate surface area is 251 Å². The van der Waals surface area contributed by atoms with Crippen molar-refractivity contribution < 1.29 is 13.2 Å². The molecule has 0 heterocycles. The molecule has 5 rings (SSSR count). The van der Waals surface area contributed by atoms with E-state index < -0.39 is 10.0 Å². The molecule has 0 radical (unpaired) electrons. The zero-order valence-electron chi connectivity index (χ0n) is 27.0. The highest BCUT2D eigenvalue weighted by atomic mass is 32.2. The lowest BCUT2D eigenvalue weighted by molar-refractivity contribution is -0.138. The molecule has 4 aliphatic rings. The fraction of sp³-hybridized carbons (Fsp3) is 0.806. The van der Waals surface area contributed by atoms with Gasteiger partial charge in [-0.1, -0.05) is 79.9 Å². The fourth-order valence-electron chi connectivity index (χ4n) is 10.9. The highest BCUT2D eigenvalue weighted by Crippen LogP contribution is 2.69. The standard InChI is InChI=1S/C36H57NO3S/c1-8-25-23-28-31-18-17-29(36(31,7)22-20-32(28)35(6)21-10-9-11-30(25)35)24(2)12-19-33(38)37-41(39,40)27-15-13-26(14-16-27)34(3,4)5/h13-16,24-25,28-32H,8-12,17-23H2,1-7H3,(H,37,38)/t24-,25+,28?,29-,30+,31?,32?,35+,36-/m1/s1. The number of nitrogens with one attached hydrogen (secondary N) is 1. The third-order valence-corrected chi connectivity index (χ3v) is 14.5. The van der Waals surface area contributed by atoms with Gasteiger partial charge in [-0.2, -0.15) is 0 Å². The van der Waals surface area contributed by atoms with E-state index in [1.165, 1.54) is 64.2 Å². The first kappa shape index (κ1) is 31.1. The smallest absolute Gasteiger partial charge is 0.264 e. The zero-order valence-corrected chi connectivity index (χ0v) is 27.8. The highest BCUT2D eigenvalue weighted by molar-refractivity contribution is 7.90. The molecular formula is C36H57NO3S. The Balaban J connectivity index is 1.21. The minimum Gasteiger partial charge on any atom is -0.274 e. The molecule has 0 bridgehead atoms. The van der Waals surface area contributed by atoms with Crippen molar-refractivity contribution in [3.05, 3.63) is 29.8 Å². The van der Waals surface area contributed by atoms with Crippen LogP contribution in [0.4, 0.5) is 0 Å². The Kier molecular flexibility index (Phi) is 8.56. The molecule has 0 spiro atoms. The number of rotatable bonds is 7. The van der Waals surface area contributed by atoms with Gasteiger partial charge in [-0.3, -0.25) is 4.79 Å². The van der Waals surface area contributed by atoms with Crippen molar-refractivity contribution in [2.75, 3.05) is 0 Å². The van der Waals surface area contributed by atoms with Crippen LogP contribution in [0.15, 0.2) is 29.2 Å². The normalized spacial score (nSPS) is 37.9. The largest absolute Gasteiger partial charge is 0.274 e. The topological polar surface area (TPSA) is 63.2 Å². The van der Waals surface area contributed by atoms with Crippen molar-refractivity contribution in [2.45, 2.75) is 136 Å². The van der Waals surface area contributed by atoms with Crippen LogP contribution >= 0.6 is 0 Å². The van der Waals surface area contributed by atoms with E-state index in [1.807, 2.05) is 12.1 Å². The molecule has 4 saturated carbocycles. The molecule has 0 aromatic heterocycles. The number of benzene rings is 1. The van der Waals surface area contributed by atoms with Gasteiger partial charge in [0.1, 0.15) is 0 Å². The number of hydrogen-bond acceptors (Lipinski definition) is 3. The minimum atomic E-state index is -3.86. The Morgan fingerprint density at radius 1 is 0.951 bits per heavy atom. The summed E-state index contributed by atoms with van der Waals surface area (Å²) in [5.74, 6) is 5.08. The van der Waals surface area contributed by atoms with Gasteiger partial charge in [-0.25, -0.2) is 13.1 Å². The summed E-state index contributed by atoms with van der Waals surface area (Å²) in [4.78, 5) is 13.0. The van der Waals surface area contributed by atoms with Crippen molar-refractivity contribution >= 4 is 15.9 Å². The molecule has 1 aromatic carbocycles. The van der Waals surface area contributed by atoms with Crippen LogP contribution in [0.5, 0.6) is 0 Å². The van der Waals surface area contributed by atoms with Crippen molar-refractivity contribution in [3.63, 3.8) is 0 Å². The van der Waals surface area contributed by atoms with E-state index in [0.29, 0.717) is 22.7 Å². The number of carbonyl (C=O) groups excluding carboxylic acids is 1. The van der Waals surface area contributed by atoms with Crippen LogP contribution in [-0.2, 0) is 20.2 Å². The maximum Gasteiger partial charge on any atom is 0.264 e. The van der Waals surface area contributed by atoms with E-state index in [0.717, 1.165) is 41.6 Å². The van der Waals surface area contributed by atoms with Gasteiger partial charge >= 0.3 is 0 Å². The maximum atomic E-state index is 12.9. The summed E-state index contributed by atoms with van der Waals surface area (Å²) in [6, 6.07) is 6.91. The number of amides is 1. The second-order valence-electron chi connectivity index (χ2n) is 16.2. The predicted octanol–water partition coefficient (Wildman–Crippen LogP) is 8.89. The fourth-order valence-corrected chi connectivity index (χ4v) is 12.0. The van der Waals surface area contributed by atoms with Crippen LogP contribution in [0.3, 0.4) is 0 Å². The molecule has 1 N–H and O–H groups in total. The molecule has 0 aliphatic heterocycles. The second-order valence-corrected chi connectivity index (χ2v) is 17.9. The van der Waals surface area contributed by atoms with E-state index in [-0.39, 0.29) is 22.6 Å². The summed E-state index contributed by atoms with van der Waals surface area (Å²) in [6.07, 6.45) is 14.9. The number of sulfonamides is 1. The van der Waals surface area contributed by atoms with Crippen molar-refractivity contribution in [1.82, 2.24) is 4.72 Å². The molecule has 9 atom stereocenters. The van der Waals surface area contributed by atoms with Crippen LogP contribution < -0.4 is 4.72 Å². The first-order valence-electron chi connectivity index (χ1n) is 16.9. The SMILES string of the molecule is CC[C@H]1CC2C3CC[C@H]([C@H](C)CCC(=O)NS(=O)(=O)c4ccc(C(C)(C)C)cc4)[C@@]3(C)CCC2[C@@]2(C)CCCC[C@@H]12. The predicted molar refractivity (Wildman–Crippen MR) is 168 cm³/mol. The average molecular weight is 584 g/mol. The van der Waals surface area contributed by atoms with Crippen LogP contribution in [0.25, 0.3) is 0 Å². The molecule has 4 fully saturated rings. The Bertz CT molecular complexity index is 1200. The number of carbonyl (C=O) groups is 1. The van der Waals surface area contributed by atoms with Gasteiger partial charge in [0.15, 0.2) is 0 Å². The number of hydrogen-bond donors (Lipinski definition) is 1. The van der Waals surface area contributed by atoms with Crippen molar-refractivity contribution in [2.24, 2.45) is 52.3 Å². The van der Waals surface area contributed by atoms with E-state index in [4.69, 9.17) is 0 Å². The van der Waals surface area contributed by atoms with E-state index >= 15 is 0 Å². The highest BCUT2D eigenvalue weighted by Gasteiger charge is 2.61.